The Morgan fingerprint density at radius 1 is 0.935 bits per heavy atom. The summed E-state index contributed by atoms with van der Waals surface area (Å²) in [7, 11) is 0. The zero-order valence-electron chi connectivity index (χ0n) is 19.2. The van der Waals surface area contributed by atoms with Crippen LogP contribution in [0, 0.1) is 5.92 Å². The molecule has 0 radical (unpaired) electrons. The third-order valence-electron chi connectivity index (χ3n) is 5.91. The second-order valence-electron chi connectivity index (χ2n) is 9.07. The molecule has 0 atom stereocenters. The van der Waals surface area contributed by atoms with E-state index < -0.39 is 0 Å². The van der Waals surface area contributed by atoms with Gasteiger partial charge in [0.2, 0.25) is 0 Å². The summed E-state index contributed by atoms with van der Waals surface area (Å²) in [4.78, 5) is 15.0. The number of nitrogens with one attached hydrogen (secondary N) is 1. The van der Waals surface area contributed by atoms with Gasteiger partial charge in [0.25, 0.3) is 5.91 Å². The van der Waals surface area contributed by atoms with E-state index in [1.54, 1.807) is 0 Å². The van der Waals surface area contributed by atoms with Crippen LogP contribution in [0.25, 0.3) is 0 Å². The molecule has 1 fully saturated rings. The lowest BCUT2D eigenvalue weighted by Gasteiger charge is -2.19. The topological polar surface area (TPSA) is 41.6 Å². The minimum Gasteiger partial charge on any atom is -0.494 e. The smallest absolute Gasteiger partial charge is 0.251 e. The minimum atomic E-state index is -0.0356. The Morgan fingerprint density at radius 3 is 2.23 bits per heavy atom. The number of ether oxygens (including phenoxy) is 1. The molecule has 0 bridgehead atoms. The van der Waals surface area contributed by atoms with Crippen molar-refractivity contribution in [2.75, 3.05) is 26.2 Å². The summed E-state index contributed by atoms with van der Waals surface area (Å²) < 4.78 is 5.72. The second-order valence-corrected chi connectivity index (χ2v) is 9.07. The van der Waals surface area contributed by atoms with Crippen LogP contribution in [0.3, 0.4) is 0 Å². The van der Waals surface area contributed by atoms with Crippen LogP contribution < -0.4 is 10.1 Å². The molecule has 4 heteroatoms. The molecule has 0 aromatic heterocycles. The van der Waals surface area contributed by atoms with Gasteiger partial charge in [0, 0.05) is 18.7 Å². The predicted molar refractivity (Wildman–Crippen MR) is 128 cm³/mol. The number of carbonyl (C=O) groups excluding carboxylic acids is 1. The van der Waals surface area contributed by atoms with Gasteiger partial charge in [-0.25, -0.2) is 0 Å². The summed E-state index contributed by atoms with van der Waals surface area (Å²) in [6.45, 7) is 9.20. The van der Waals surface area contributed by atoms with Crippen molar-refractivity contribution in [2.24, 2.45) is 5.92 Å². The standard InChI is InChI=1S/C27H38N2O2/c1-22(2)16-20-31-26-13-11-25(12-14-26)27(30)28-17-15-23-7-9-24(10-8-23)21-29-18-5-3-4-6-19-29/h7-14,22H,3-6,15-21H2,1-2H3,(H,28,30). The minimum absolute atomic E-state index is 0.0356. The summed E-state index contributed by atoms with van der Waals surface area (Å²) in [5.74, 6) is 1.41. The van der Waals surface area contributed by atoms with Crippen molar-refractivity contribution in [1.82, 2.24) is 10.2 Å². The summed E-state index contributed by atoms with van der Waals surface area (Å²) in [6, 6.07) is 16.3. The van der Waals surface area contributed by atoms with E-state index in [1.807, 2.05) is 24.3 Å². The molecule has 1 N–H and O–H groups in total. The highest BCUT2D eigenvalue weighted by molar-refractivity contribution is 5.94. The van der Waals surface area contributed by atoms with Gasteiger partial charge in [-0.2, -0.15) is 0 Å². The summed E-state index contributed by atoms with van der Waals surface area (Å²) in [6.07, 6.45) is 7.26. The molecule has 1 amide bonds. The van der Waals surface area contributed by atoms with Crippen molar-refractivity contribution in [3.05, 3.63) is 65.2 Å². The van der Waals surface area contributed by atoms with Gasteiger partial charge in [0.1, 0.15) is 5.75 Å². The zero-order chi connectivity index (χ0) is 21.9. The quantitative estimate of drug-likeness (QED) is 0.553. The number of nitrogens with zero attached hydrogens (tertiary/aromatic N) is 1. The Kier molecular flexibility index (Phi) is 9.41. The molecule has 1 heterocycles. The van der Waals surface area contributed by atoms with Crippen LogP contribution in [0.2, 0.25) is 0 Å². The Hall–Kier alpha value is -2.33. The number of likely N-dealkylation sites (tertiary alicyclic amines) is 1. The van der Waals surface area contributed by atoms with Crippen LogP contribution >= 0.6 is 0 Å². The lowest BCUT2D eigenvalue weighted by molar-refractivity contribution is 0.0954. The number of amides is 1. The third-order valence-corrected chi connectivity index (χ3v) is 5.91. The van der Waals surface area contributed by atoms with Gasteiger partial charge < -0.3 is 10.1 Å². The van der Waals surface area contributed by atoms with Gasteiger partial charge in [-0.1, -0.05) is 51.0 Å². The van der Waals surface area contributed by atoms with Gasteiger partial charge in [0.15, 0.2) is 0 Å². The van der Waals surface area contributed by atoms with Crippen molar-refractivity contribution in [3.8, 4) is 5.75 Å². The van der Waals surface area contributed by atoms with E-state index in [4.69, 9.17) is 4.74 Å². The highest BCUT2D eigenvalue weighted by Gasteiger charge is 2.10. The van der Waals surface area contributed by atoms with E-state index in [-0.39, 0.29) is 5.91 Å². The van der Waals surface area contributed by atoms with Gasteiger partial charge in [0.05, 0.1) is 6.61 Å². The highest BCUT2D eigenvalue weighted by Crippen LogP contribution is 2.15. The molecule has 3 rings (SSSR count). The maximum absolute atomic E-state index is 12.4. The number of carbonyl (C=O) groups is 1. The number of benzene rings is 2. The van der Waals surface area contributed by atoms with Gasteiger partial charge in [-0.05, 0) is 80.1 Å². The first-order chi connectivity index (χ1) is 15.1. The molecule has 0 saturated carbocycles. The molecule has 2 aromatic carbocycles. The molecule has 1 aliphatic rings. The first-order valence-corrected chi connectivity index (χ1v) is 11.9. The Bertz CT molecular complexity index is 776. The first-order valence-electron chi connectivity index (χ1n) is 11.9. The molecule has 0 unspecified atom stereocenters. The fourth-order valence-corrected chi connectivity index (χ4v) is 3.90. The molecule has 0 spiro atoms. The maximum Gasteiger partial charge on any atom is 0.251 e. The van der Waals surface area contributed by atoms with Crippen LogP contribution in [-0.4, -0.2) is 37.0 Å². The lowest BCUT2D eigenvalue weighted by atomic mass is 10.1. The fourth-order valence-electron chi connectivity index (χ4n) is 3.90. The molecule has 4 nitrogen and oxygen atoms in total. The molecular formula is C27H38N2O2. The molecule has 0 aliphatic carbocycles. The van der Waals surface area contributed by atoms with Crippen LogP contribution in [0.1, 0.15) is 67.4 Å². The van der Waals surface area contributed by atoms with E-state index in [2.05, 4.69) is 48.3 Å². The zero-order valence-corrected chi connectivity index (χ0v) is 19.2. The Balaban J connectivity index is 1.38. The van der Waals surface area contributed by atoms with E-state index >= 15 is 0 Å². The molecule has 1 saturated heterocycles. The number of hydrogen-bond donors (Lipinski definition) is 1. The van der Waals surface area contributed by atoms with Crippen molar-refractivity contribution < 1.29 is 9.53 Å². The number of rotatable bonds is 10. The van der Waals surface area contributed by atoms with Crippen LogP contribution in [-0.2, 0) is 13.0 Å². The molecule has 31 heavy (non-hydrogen) atoms. The van der Waals surface area contributed by atoms with Crippen molar-refractivity contribution in [2.45, 2.75) is 58.9 Å². The van der Waals surface area contributed by atoms with Crippen molar-refractivity contribution in [3.63, 3.8) is 0 Å². The number of hydrogen-bond acceptors (Lipinski definition) is 3. The van der Waals surface area contributed by atoms with Crippen LogP contribution in [0.5, 0.6) is 5.75 Å². The third kappa shape index (κ3) is 8.37. The predicted octanol–water partition coefficient (Wildman–Crippen LogP) is 5.46. The van der Waals surface area contributed by atoms with E-state index in [9.17, 15) is 4.79 Å². The average Bonchev–Trinajstić information content (AvgIpc) is 3.04. The van der Waals surface area contributed by atoms with Crippen LogP contribution in [0.15, 0.2) is 48.5 Å². The molecule has 2 aromatic rings. The second kappa shape index (κ2) is 12.5. The largest absolute Gasteiger partial charge is 0.494 e. The lowest BCUT2D eigenvalue weighted by Crippen LogP contribution is -2.25. The van der Waals surface area contributed by atoms with E-state index in [0.29, 0.717) is 24.6 Å². The van der Waals surface area contributed by atoms with Crippen molar-refractivity contribution >= 4 is 5.91 Å². The Morgan fingerprint density at radius 2 is 1.58 bits per heavy atom. The average molecular weight is 423 g/mol. The molecule has 168 valence electrons. The normalized spacial score (nSPS) is 14.9. The summed E-state index contributed by atoms with van der Waals surface area (Å²) in [5, 5.41) is 3.02. The van der Waals surface area contributed by atoms with E-state index in [1.165, 1.54) is 49.9 Å². The Labute approximate surface area is 188 Å². The van der Waals surface area contributed by atoms with Gasteiger partial charge in [-0.3, -0.25) is 9.69 Å². The van der Waals surface area contributed by atoms with Gasteiger partial charge in [-0.15, -0.1) is 0 Å². The fraction of sp³-hybridized carbons (Fsp3) is 0.519. The SMILES string of the molecule is CC(C)CCOc1ccc(C(=O)NCCc2ccc(CN3CCCCCC3)cc2)cc1. The summed E-state index contributed by atoms with van der Waals surface area (Å²) >= 11 is 0. The monoisotopic (exact) mass is 422 g/mol. The van der Waals surface area contributed by atoms with Crippen molar-refractivity contribution in [1.29, 1.82) is 0 Å². The maximum atomic E-state index is 12.4. The van der Waals surface area contributed by atoms with E-state index in [0.717, 1.165) is 25.1 Å². The molecule has 1 aliphatic heterocycles. The first kappa shape index (κ1) is 23.3. The van der Waals surface area contributed by atoms with Gasteiger partial charge >= 0.3 is 0 Å². The van der Waals surface area contributed by atoms with Crippen LogP contribution in [0.4, 0.5) is 0 Å². The summed E-state index contributed by atoms with van der Waals surface area (Å²) in [5.41, 5.74) is 3.31. The molecular weight excluding hydrogens is 384 g/mol. The highest BCUT2D eigenvalue weighted by atomic mass is 16.5.